The predicted molar refractivity (Wildman–Crippen MR) is 133 cm³/mol. The number of esters is 1. The number of ether oxygens (including phenoxy) is 4. The van der Waals surface area contributed by atoms with Gasteiger partial charge in [0.25, 0.3) is 5.91 Å². The first-order chi connectivity index (χ1) is 17.0. The number of nitrogens with one attached hydrogen (secondary N) is 1. The second-order valence-electron chi connectivity index (χ2n) is 7.33. The van der Waals surface area contributed by atoms with Gasteiger partial charge in [-0.3, -0.25) is 4.79 Å². The zero-order valence-electron chi connectivity index (χ0n) is 19.9. The van der Waals surface area contributed by atoms with Gasteiger partial charge >= 0.3 is 5.97 Å². The molecular formula is C27H28N2O6. The summed E-state index contributed by atoms with van der Waals surface area (Å²) in [7, 11) is 1.53. The van der Waals surface area contributed by atoms with E-state index in [9.17, 15) is 9.59 Å². The van der Waals surface area contributed by atoms with Crippen molar-refractivity contribution in [2.24, 2.45) is 5.10 Å². The summed E-state index contributed by atoms with van der Waals surface area (Å²) in [6, 6.07) is 18.5. The van der Waals surface area contributed by atoms with E-state index in [2.05, 4.69) is 10.5 Å². The molecule has 0 saturated heterocycles. The lowest BCUT2D eigenvalue weighted by Crippen LogP contribution is -2.17. The molecular weight excluding hydrogens is 448 g/mol. The highest BCUT2D eigenvalue weighted by Gasteiger charge is 2.14. The zero-order valence-corrected chi connectivity index (χ0v) is 19.9. The molecule has 8 heteroatoms. The van der Waals surface area contributed by atoms with Gasteiger partial charge in [0.15, 0.2) is 11.5 Å². The number of hydrogen-bond acceptors (Lipinski definition) is 7. The Bertz CT molecular complexity index is 1170. The highest BCUT2D eigenvalue weighted by atomic mass is 16.6. The van der Waals surface area contributed by atoms with Gasteiger partial charge in [-0.15, -0.1) is 0 Å². The third-order valence-electron chi connectivity index (χ3n) is 4.74. The van der Waals surface area contributed by atoms with Crippen LogP contribution in [0.4, 0.5) is 0 Å². The molecule has 0 heterocycles. The first-order valence-electron chi connectivity index (χ1n) is 11.2. The summed E-state index contributed by atoms with van der Waals surface area (Å²) in [6.07, 6.45) is 2.38. The van der Waals surface area contributed by atoms with E-state index in [1.165, 1.54) is 13.3 Å². The van der Waals surface area contributed by atoms with Gasteiger partial charge in [-0.25, -0.2) is 10.2 Å². The van der Waals surface area contributed by atoms with E-state index in [0.717, 1.165) is 6.42 Å². The van der Waals surface area contributed by atoms with Crippen LogP contribution in [0.5, 0.6) is 23.0 Å². The number of methoxy groups -OCH3 is 1. The van der Waals surface area contributed by atoms with E-state index >= 15 is 0 Å². The maximum atomic E-state index is 12.6. The van der Waals surface area contributed by atoms with Crippen LogP contribution >= 0.6 is 0 Å². The van der Waals surface area contributed by atoms with E-state index in [1.807, 2.05) is 13.8 Å². The molecule has 0 aliphatic rings. The van der Waals surface area contributed by atoms with Gasteiger partial charge in [-0.1, -0.05) is 13.0 Å². The number of carbonyl (C=O) groups is 2. The van der Waals surface area contributed by atoms with Gasteiger partial charge in [0.2, 0.25) is 0 Å². The number of hydrogen-bond donors (Lipinski definition) is 1. The van der Waals surface area contributed by atoms with Gasteiger partial charge in [0.05, 0.1) is 32.1 Å². The Morgan fingerprint density at radius 1 is 0.886 bits per heavy atom. The number of rotatable bonds is 11. The minimum atomic E-state index is -0.514. The maximum absolute atomic E-state index is 12.6. The molecule has 35 heavy (non-hydrogen) atoms. The summed E-state index contributed by atoms with van der Waals surface area (Å²) in [5, 5.41) is 4.00. The second kappa shape index (κ2) is 12.8. The van der Waals surface area contributed by atoms with Crippen molar-refractivity contribution < 1.29 is 28.5 Å². The number of carbonyl (C=O) groups excluding carboxylic acids is 2. The lowest BCUT2D eigenvalue weighted by Gasteiger charge is -2.12. The molecule has 0 aliphatic carbocycles. The molecule has 0 atom stereocenters. The molecule has 3 rings (SSSR count). The summed E-state index contributed by atoms with van der Waals surface area (Å²) in [4.78, 5) is 24.9. The van der Waals surface area contributed by atoms with Crippen LogP contribution in [0.25, 0.3) is 0 Å². The van der Waals surface area contributed by atoms with Crippen LogP contribution in [0, 0.1) is 0 Å². The Labute approximate surface area is 204 Å². The largest absolute Gasteiger partial charge is 0.497 e. The molecule has 3 aromatic rings. The summed E-state index contributed by atoms with van der Waals surface area (Å²) in [6.45, 7) is 4.84. The van der Waals surface area contributed by atoms with Gasteiger partial charge in [0.1, 0.15) is 11.5 Å². The first-order valence-corrected chi connectivity index (χ1v) is 11.2. The SMILES string of the molecule is CCCOc1ccc(C(=O)Oc2ccc(/C=N\NC(=O)c3cccc(OC)c3)cc2OCC)cc1. The van der Waals surface area contributed by atoms with Crippen LogP contribution in [0.1, 0.15) is 46.5 Å². The molecule has 3 aromatic carbocycles. The zero-order chi connectivity index (χ0) is 25.0. The molecule has 0 aliphatic heterocycles. The minimum absolute atomic E-state index is 0.278. The van der Waals surface area contributed by atoms with Crippen LogP contribution in [0.2, 0.25) is 0 Å². The van der Waals surface area contributed by atoms with Gasteiger partial charge in [-0.2, -0.15) is 5.10 Å². The predicted octanol–water partition coefficient (Wildman–Crippen LogP) is 4.87. The Hall–Kier alpha value is -4.33. The molecule has 1 N–H and O–H groups in total. The van der Waals surface area contributed by atoms with Crippen LogP contribution in [0.15, 0.2) is 71.8 Å². The lowest BCUT2D eigenvalue weighted by molar-refractivity contribution is 0.0728. The van der Waals surface area contributed by atoms with E-state index < -0.39 is 5.97 Å². The van der Waals surface area contributed by atoms with E-state index in [4.69, 9.17) is 18.9 Å². The number of nitrogens with zero attached hydrogens (tertiary/aromatic N) is 1. The molecule has 8 nitrogen and oxygen atoms in total. The van der Waals surface area contributed by atoms with E-state index in [0.29, 0.717) is 47.2 Å². The minimum Gasteiger partial charge on any atom is -0.497 e. The van der Waals surface area contributed by atoms with Crippen molar-refractivity contribution in [2.75, 3.05) is 20.3 Å². The molecule has 0 radical (unpaired) electrons. The van der Waals surface area contributed by atoms with Gasteiger partial charge in [-0.05, 0) is 79.6 Å². The van der Waals surface area contributed by atoms with Crippen molar-refractivity contribution >= 4 is 18.1 Å². The third-order valence-corrected chi connectivity index (χ3v) is 4.74. The fraction of sp³-hybridized carbons (Fsp3) is 0.222. The maximum Gasteiger partial charge on any atom is 0.343 e. The van der Waals surface area contributed by atoms with Crippen molar-refractivity contribution in [3.8, 4) is 23.0 Å². The average Bonchev–Trinajstić information content (AvgIpc) is 2.89. The third kappa shape index (κ3) is 7.33. The monoisotopic (exact) mass is 476 g/mol. The van der Waals surface area contributed by atoms with Crippen molar-refractivity contribution in [1.29, 1.82) is 0 Å². The van der Waals surface area contributed by atoms with E-state index in [1.54, 1.807) is 66.7 Å². The van der Waals surface area contributed by atoms with Crippen molar-refractivity contribution in [3.05, 3.63) is 83.4 Å². The molecule has 0 spiro atoms. The average molecular weight is 477 g/mol. The number of benzene rings is 3. The summed E-state index contributed by atoms with van der Waals surface area (Å²) in [5.41, 5.74) is 3.93. The Morgan fingerprint density at radius 2 is 1.69 bits per heavy atom. The molecule has 0 bridgehead atoms. The van der Waals surface area contributed by atoms with Crippen LogP contribution in [-0.2, 0) is 0 Å². The van der Waals surface area contributed by atoms with Crippen LogP contribution < -0.4 is 24.4 Å². The normalized spacial score (nSPS) is 10.6. The smallest absolute Gasteiger partial charge is 0.343 e. The first kappa shape index (κ1) is 25.3. The highest BCUT2D eigenvalue weighted by Crippen LogP contribution is 2.29. The molecule has 0 saturated carbocycles. The molecule has 1 amide bonds. The highest BCUT2D eigenvalue weighted by molar-refractivity contribution is 5.95. The van der Waals surface area contributed by atoms with Crippen molar-refractivity contribution in [2.45, 2.75) is 20.3 Å². The molecule has 182 valence electrons. The van der Waals surface area contributed by atoms with Crippen molar-refractivity contribution in [3.63, 3.8) is 0 Å². The van der Waals surface area contributed by atoms with Crippen molar-refractivity contribution in [1.82, 2.24) is 5.43 Å². The lowest BCUT2D eigenvalue weighted by atomic mass is 10.2. The summed E-state index contributed by atoms with van der Waals surface area (Å²) >= 11 is 0. The fourth-order valence-corrected chi connectivity index (χ4v) is 3.02. The van der Waals surface area contributed by atoms with Gasteiger partial charge < -0.3 is 18.9 Å². The Morgan fingerprint density at radius 3 is 2.40 bits per heavy atom. The van der Waals surface area contributed by atoms with Crippen LogP contribution in [-0.4, -0.2) is 38.4 Å². The molecule has 0 aromatic heterocycles. The quantitative estimate of drug-likeness (QED) is 0.184. The molecule has 0 unspecified atom stereocenters. The molecule has 0 fully saturated rings. The fourth-order valence-electron chi connectivity index (χ4n) is 3.02. The second-order valence-corrected chi connectivity index (χ2v) is 7.33. The number of amides is 1. The summed E-state index contributed by atoms with van der Waals surface area (Å²) < 4.78 is 21.9. The Balaban J connectivity index is 1.66. The Kier molecular flexibility index (Phi) is 9.24. The summed E-state index contributed by atoms with van der Waals surface area (Å²) in [5.74, 6) is 1.05. The topological polar surface area (TPSA) is 95.5 Å². The number of hydrazone groups is 1. The van der Waals surface area contributed by atoms with Crippen LogP contribution in [0.3, 0.4) is 0 Å². The standard InChI is InChI=1S/C27H28N2O6/c1-4-15-34-22-12-10-20(11-13-22)27(31)35-24-14-9-19(16-25(24)33-5-2)18-28-29-26(30)21-7-6-8-23(17-21)32-3/h6-14,16-18H,4-5,15H2,1-3H3,(H,29,30)/b28-18-. The van der Waals surface area contributed by atoms with E-state index in [-0.39, 0.29) is 11.7 Å². The van der Waals surface area contributed by atoms with Gasteiger partial charge in [0, 0.05) is 5.56 Å².